The number of nitrogens with one attached hydrogen (secondary N) is 1. The van der Waals surface area contributed by atoms with Gasteiger partial charge in [-0.1, -0.05) is 27.2 Å². The van der Waals surface area contributed by atoms with Crippen LogP contribution in [0.2, 0.25) is 0 Å². The van der Waals surface area contributed by atoms with Crippen LogP contribution in [0.1, 0.15) is 40.0 Å². The van der Waals surface area contributed by atoms with Crippen LogP contribution in [-0.2, 0) is 9.59 Å². The van der Waals surface area contributed by atoms with Crippen molar-refractivity contribution in [3.63, 3.8) is 0 Å². The first kappa shape index (κ1) is 20.7. The molecule has 0 aliphatic carbocycles. The number of carbonyl (C=O) groups is 2. The number of hydrogen-bond acceptors (Lipinski definition) is 2. The van der Waals surface area contributed by atoms with E-state index >= 15 is 0 Å². The van der Waals surface area contributed by atoms with E-state index in [1.807, 2.05) is 13.8 Å². The Morgan fingerprint density at radius 2 is 1.94 bits per heavy atom. The first-order valence-corrected chi connectivity index (χ1v) is 5.62. The van der Waals surface area contributed by atoms with E-state index in [1.54, 1.807) is 6.92 Å². The molecule has 7 heteroatoms. The van der Waals surface area contributed by atoms with E-state index in [0.717, 1.165) is 12.8 Å². The van der Waals surface area contributed by atoms with Crippen molar-refractivity contribution in [2.45, 2.75) is 40.0 Å². The maximum absolute atomic E-state index is 11.9. The third kappa shape index (κ3) is 3.69. The number of aliphatic hydroxyl groups is 1. The predicted octanol–water partition coefficient (Wildman–Crippen LogP) is -0.175. The molecular weight excluding hydrogens is 255 g/mol. The molecule has 2 atom stereocenters. The van der Waals surface area contributed by atoms with E-state index in [-0.39, 0.29) is 58.5 Å². The molecule has 0 aromatic heterocycles. The summed E-state index contributed by atoms with van der Waals surface area (Å²) in [6, 6.07) is -0.595. The van der Waals surface area contributed by atoms with Gasteiger partial charge >= 0.3 is 52.6 Å². The molecule has 0 aromatic carbocycles. The summed E-state index contributed by atoms with van der Waals surface area (Å²) < 4.78 is 0. The molecule has 1 aliphatic rings. The molecule has 0 aromatic rings. The zero-order valence-electron chi connectivity index (χ0n) is 9.91. The van der Waals surface area contributed by atoms with Crippen molar-refractivity contribution in [1.82, 2.24) is 5.32 Å². The van der Waals surface area contributed by atoms with Crippen molar-refractivity contribution < 1.29 is 14.7 Å². The van der Waals surface area contributed by atoms with Gasteiger partial charge < -0.3 is 5.11 Å². The van der Waals surface area contributed by atoms with Crippen molar-refractivity contribution in [3.8, 4) is 0 Å². The van der Waals surface area contributed by atoms with E-state index < -0.39 is 23.3 Å². The molecule has 0 fully saturated rings. The predicted molar refractivity (Wildman–Crippen MR) is 75.7 cm³/mol. The summed E-state index contributed by atoms with van der Waals surface area (Å²) in [5.74, 6) is -1.04. The van der Waals surface area contributed by atoms with Gasteiger partial charge in [0.25, 0.3) is 11.9 Å². The fourth-order valence-electron chi connectivity index (χ4n) is 2.31. The van der Waals surface area contributed by atoms with Crippen LogP contribution in [-0.4, -0.2) is 75.6 Å². The molecule has 0 saturated heterocycles. The summed E-state index contributed by atoms with van der Waals surface area (Å²) in [7, 11) is 0. The van der Waals surface area contributed by atoms with Gasteiger partial charge in [-0.05, 0) is 18.8 Å². The van der Waals surface area contributed by atoms with Crippen molar-refractivity contribution in [2.24, 2.45) is 16.3 Å². The van der Waals surface area contributed by atoms with Crippen LogP contribution in [0.4, 0.5) is 0 Å². The molecule has 1 rings (SSSR count). The Hall–Kier alpha value is 0.376. The van der Waals surface area contributed by atoms with Crippen molar-refractivity contribution >= 4 is 70.4 Å². The van der Waals surface area contributed by atoms with Gasteiger partial charge in [-0.15, -0.1) is 0 Å². The fourth-order valence-corrected chi connectivity index (χ4v) is 2.31. The van der Waals surface area contributed by atoms with Crippen LogP contribution in [0, 0.1) is 11.3 Å². The van der Waals surface area contributed by atoms with Crippen molar-refractivity contribution in [1.29, 1.82) is 0 Å². The Kier molecular flexibility index (Phi) is 9.80. The van der Waals surface area contributed by atoms with Crippen LogP contribution in [0.3, 0.4) is 0 Å². The fraction of sp³-hybridized carbons (Fsp3) is 0.727. The SMILES string of the molecule is CCCC(C)C1(CC)C(=O)N=C(O)NC1=O.[MgH2].[NaH]. The molecule has 96 valence electrons. The van der Waals surface area contributed by atoms with Crippen LogP contribution < -0.4 is 5.32 Å². The molecule has 18 heavy (non-hydrogen) atoms. The average molecular weight is 277 g/mol. The maximum atomic E-state index is 11.9. The number of hydrogen-bond donors (Lipinski definition) is 2. The number of aliphatic imine (C=N–C) groups is 1. The van der Waals surface area contributed by atoms with E-state index in [9.17, 15) is 9.59 Å². The van der Waals surface area contributed by atoms with Gasteiger partial charge in [0.1, 0.15) is 5.41 Å². The molecule has 5 nitrogen and oxygen atoms in total. The number of amidine groups is 1. The summed E-state index contributed by atoms with van der Waals surface area (Å²) in [6.45, 7) is 5.68. The molecule has 2 N–H and O–H groups in total. The Balaban J connectivity index is 0. The van der Waals surface area contributed by atoms with Gasteiger partial charge in [0, 0.05) is 0 Å². The molecule has 0 bridgehead atoms. The topological polar surface area (TPSA) is 78.8 Å². The van der Waals surface area contributed by atoms with Crippen molar-refractivity contribution in [3.05, 3.63) is 0 Å². The third-order valence-electron chi connectivity index (χ3n) is 3.34. The number of rotatable bonds is 4. The van der Waals surface area contributed by atoms with Gasteiger partial charge in [0.2, 0.25) is 5.91 Å². The standard InChI is InChI=1S/C11H18N2O3.Mg.Na.3H/c1-4-6-7(3)11(5-2)8(14)12-10(16)13-9(11)15;;;;;/h7H,4-6H2,1-3H3,(H2,12,13,14,15,16);;;;;. The zero-order chi connectivity index (χ0) is 12.3. The van der Waals surface area contributed by atoms with Crippen molar-refractivity contribution in [2.75, 3.05) is 0 Å². The van der Waals surface area contributed by atoms with Gasteiger partial charge in [-0.3, -0.25) is 14.9 Å². The van der Waals surface area contributed by atoms with Crippen LogP contribution in [0.25, 0.3) is 0 Å². The second-order valence-corrected chi connectivity index (χ2v) is 4.21. The molecule has 0 saturated carbocycles. The van der Waals surface area contributed by atoms with Gasteiger partial charge in [-0.25, -0.2) is 0 Å². The Morgan fingerprint density at radius 1 is 1.39 bits per heavy atom. The minimum absolute atomic E-state index is 0. The summed E-state index contributed by atoms with van der Waals surface area (Å²) in [6.07, 6.45) is 2.08. The van der Waals surface area contributed by atoms with E-state index in [0.29, 0.717) is 6.42 Å². The monoisotopic (exact) mass is 276 g/mol. The Labute approximate surface area is 146 Å². The summed E-state index contributed by atoms with van der Waals surface area (Å²) >= 11 is 0. The van der Waals surface area contributed by atoms with Gasteiger partial charge in [0.15, 0.2) is 0 Å². The second-order valence-electron chi connectivity index (χ2n) is 4.21. The summed E-state index contributed by atoms with van der Waals surface area (Å²) in [4.78, 5) is 27.2. The zero-order valence-corrected chi connectivity index (χ0v) is 9.91. The quantitative estimate of drug-likeness (QED) is 0.552. The Morgan fingerprint density at radius 3 is 2.33 bits per heavy atom. The summed E-state index contributed by atoms with van der Waals surface area (Å²) in [5.41, 5.74) is -1.11. The second kappa shape index (κ2) is 8.53. The van der Waals surface area contributed by atoms with Gasteiger partial charge in [-0.2, -0.15) is 4.99 Å². The molecule has 0 radical (unpaired) electrons. The minimum atomic E-state index is -1.11. The molecule has 1 heterocycles. The number of aliphatic hydroxyl groups excluding tert-OH is 1. The molecule has 1 aliphatic heterocycles. The molecule has 2 unspecified atom stereocenters. The number of nitrogens with zero attached hydrogens (tertiary/aromatic N) is 1. The van der Waals surface area contributed by atoms with E-state index in [1.165, 1.54) is 0 Å². The van der Waals surface area contributed by atoms with Crippen LogP contribution in [0.5, 0.6) is 0 Å². The molecule has 0 spiro atoms. The summed E-state index contributed by atoms with van der Waals surface area (Å²) in [5, 5.41) is 11.3. The first-order chi connectivity index (χ1) is 7.48. The molecular formula is C11H21MgN2NaO3. The van der Waals surface area contributed by atoms with Gasteiger partial charge in [0.05, 0.1) is 0 Å². The normalized spacial score (nSPS) is 24.3. The van der Waals surface area contributed by atoms with E-state index in [4.69, 9.17) is 5.11 Å². The average Bonchev–Trinajstić information content (AvgIpc) is 2.18. The molecule has 2 amide bonds. The first-order valence-electron chi connectivity index (χ1n) is 5.62. The third-order valence-corrected chi connectivity index (χ3v) is 3.34. The number of carbonyl (C=O) groups excluding carboxylic acids is 2. The number of amides is 2. The van der Waals surface area contributed by atoms with Crippen LogP contribution >= 0.6 is 0 Å². The van der Waals surface area contributed by atoms with Crippen LogP contribution in [0.15, 0.2) is 4.99 Å². The Bertz CT molecular complexity index is 349. The van der Waals surface area contributed by atoms with E-state index in [2.05, 4.69) is 10.3 Å².